The first-order valence-corrected chi connectivity index (χ1v) is 11.5. The normalized spacial score (nSPS) is 18.1. The Kier molecular flexibility index (Phi) is 6.93. The maximum Gasteiger partial charge on any atom is 0.200 e. The number of rotatable bonds is 4. The lowest BCUT2D eigenvalue weighted by Crippen LogP contribution is -2.29. The predicted octanol–water partition coefficient (Wildman–Crippen LogP) is 4.75. The summed E-state index contributed by atoms with van der Waals surface area (Å²) in [6.07, 6.45) is 7.05. The van der Waals surface area contributed by atoms with Gasteiger partial charge in [0.1, 0.15) is 22.7 Å². The Morgan fingerprint density at radius 3 is 1.50 bits per heavy atom. The average Bonchev–Trinajstić information content (AvgIpc) is 2.79. The van der Waals surface area contributed by atoms with Crippen LogP contribution in [0.25, 0.3) is 21.9 Å². The van der Waals surface area contributed by atoms with E-state index in [1.54, 1.807) is 24.3 Å². The van der Waals surface area contributed by atoms with Gasteiger partial charge in [-0.1, -0.05) is 12.8 Å². The third-order valence-corrected chi connectivity index (χ3v) is 6.83. The van der Waals surface area contributed by atoms with Gasteiger partial charge in [-0.15, -0.1) is 12.4 Å². The van der Waals surface area contributed by atoms with E-state index in [0.717, 1.165) is 51.9 Å². The minimum absolute atomic E-state index is 0. The van der Waals surface area contributed by atoms with Gasteiger partial charge in [-0.2, -0.15) is 0 Å². The molecule has 0 aliphatic carbocycles. The van der Waals surface area contributed by atoms with Crippen molar-refractivity contribution < 1.29 is 14.6 Å². The van der Waals surface area contributed by atoms with Crippen molar-refractivity contribution in [1.82, 2.24) is 9.80 Å². The molecule has 3 aromatic rings. The summed E-state index contributed by atoms with van der Waals surface area (Å²) in [5.41, 5.74) is 2.08. The van der Waals surface area contributed by atoms with Crippen LogP contribution in [-0.2, 0) is 13.1 Å². The van der Waals surface area contributed by atoms with Crippen molar-refractivity contribution in [3.8, 4) is 11.5 Å². The van der Waals surface area contributed by atoms with Crippen LogP contribution in [-0.4, -0.2) is 46.2 Å². The molecule has 1 aromatic heterocycles. The maximum absolute atomic E-state index is 13.3. The number of likely N-dealkylation sites (tertiary alicyclic amines) is 2. The first kappa shape index (κ1) is 22.9. The van der Waals surface area contributed by atoms with E-state index in [-0.39, 0.29) is 29.3 Å². The number of benzene rings is 2. The molecule has 7 heteroatoms. The largest absolute Gasteiger partial charge is 0.507 e. The fourth-order valence-electron chi connectivity index (χ4n) is 5.06. The maximum atomic E-state index is 13.3. The summed E-state index contributed by atoms with van der Waals surface area (Å²) in [6.45, 7) is 5.03. The molecule has 172 valence electrons. The van der Waals surface area contributed by atoms with Crippen LogP contribution in [0.1, 0.15) is 49.7 Å². The van der Waals surface area contributed by atoms with Gasteiger partial charge in [0.25, 0.3) is 0 Å². The van der Waals surface area contributed by atoms with Crippen LogP contribution >= 0.6 is 12.4 Å². The van der Waals surface area contributed by atoms with Crippen LogP contribution < -0.4 is 5.43 Å². The molecule has 0 amide bonds. The highest BCUT2D eigenvalue weighted by Gasteiger charge is 2.22. The van der Waals surface area contributed by atoms with Gasteiger partial charge >= 0.3 is 0 Å². The number of aromatic hydroxyl groups is 2. The van der Waals surface area contributed by atoms with E-state index < -0.39 is 0 Å². The lowest BCUT2D eigenvalue weighted by molar-refractivity contribution is 0.218. The average molecular weight is 459 g/mol. The summed E-state index contributed by atoms with van der Waals surface area (Å²) in [5.74, 6) is 0.302. The van der Waals surface area contributed by atoms with Crippen LogP contribution in [0.3, 0.4) is 0 Å². The first-order chi connectivity index (χ1) is 15.1. The number of fused-ring (bicyclic) bond motifs is 2. The summed E-state index contributed by atoms with van der Waals surface area (Å²) in [6, 6.07) is 6.48. The number of phenolic OH excluding ortho intramolecular Hbond substituents is 2. The Morgan fingerprint density at radius 1 is 0.688 bits per heavy atom. The molecular formula is C25H31ClN2O4. The van der Waals surface area contributed by atoms with Crippen LogP contribution in [0.2, 0.25) is 0 Å². The molecule has 3 heterocycles. The van der Waals surface area contributed by atoms with Gasteiger partial charge in [0.05, 0.1) is 21.9 Å². The Labute approximate surface area is 193 Å². The standard InChI is InChI=1S/C25H30N2O4.ClH/c28-21-9-7-17-23(30)18-8-10-22(29)20(16-27-13-5-2-6-14-27)25(18)31-24(17)19(21)15-26-11-3-1-4-12-26;/h7-10,28-29H,1-6,11-16H2;1H. The van der Waals surface area contributed by atoms with E-state index in [9.17, 15) is 15.0 Å². The molecule has 2 fully saturated rings. The van der Waals surface area contributed by atoms with Crippen molar-refractivity contribution in [2.45, 2.75) is 51.6 Å². The third kappa shape index (κ3) is 4.32. The summed E-state index contributed by atoms with van der Waals surface area (Å²) >= 11 is 0. The van der Waals surface area contributed by atoms with Crippen LogP contribution in [0.4, 0.5) is 0 Å². The molecule has 0 radical (unpaired) electrons. The van der Waals surface area contributed by atoms with Crippen molar-refractivity contribution in [3.63, 3.8) is 0 Å². The van der Waals surface area contributed by atoms with E-state index in [4.69, 9.17) is 4.42 Å². The predicted molar refractivity (Wildman–Crippen MR) is 129 cm³/mol. The summed E-state index contributed by atoms with van der Waals surface area (Å²) < 4.78 is 6.36. The zero-order chi connectivity index (χ0) is 21.4. The number of nitrogens with zero attached hydrogens (tertiary/aromatic N) is 2. The molecule has 0 spiro atoms. The second kappa shape index (κ2) is 9.69. The van der Waals surface area contributed by atoms with E-state index >= 15 is 0 Å². The Morgan fingerprint density at radius 2 is 1.09 bits per heavy atom. The fourth-order valence-corrected chi connectivity index (χ4v) is 5.06. The third-order valence-electron chi connectivity index (χ3n) is 6.83. The Balaban J connectivity index is 0.00000245. The molecule has 0 saturated carbocycles. The second-order valence-electron chi connectivity index (χ2n) is 8.98. The van der Waals surface area contributed by atoms with Crippen molar-refractivity contribution >= 4 is 34.3 Å². The lowest BCUT2D eigenvalue weighted by atomic mass is 10.0. The van der Waals surface area contributed by atoms with Crippen molar-refractivity contribution in [1.29, 1.82) is 0 Å². The number of hydrogen-bond acceptors (Lipinski definition) is 6. The van der Waals surface area contributed by atoms with Crippen LogP contribution in [0.5, 0.6) is 11.5 Å². The molecule has 5 rings (SSSR count). The summed E-state index contributed by atoms with van der Waals surface area (Å²) in [5, 5.41) is 22.2. The molecule has 0 bridgehead atoms. The first-order valence-electron chi connectivity index (χ1n) is 11.5. The number of halogens is 1. The number of hydrogen-bond donors (Lipinski definition) is 2. The lowest BCUT2D eigenvalue weighted by Gasteiger charge is -2.27. The summed E-state index contributed by atoms with van der Waals surface area (Å²) in [4.78, 5) is 18.0. The topological polar surface area (TPSA) is 77.2 Å². The van der Waals surface area contributed by atoms with Crippen LogP contribution in [0, 0.1) is 0 Å². The van der Waals surface area contributed by atoms with Gasteiger partial charge in [-0.05, 0) is 76.1 Å². The summed E-state index contributed by atoms with van der Waals surface area (Å²) in [7, 11) is 0. The SMILES string of the molecule is Cl.O=c1c2ccc(O)c(CN3CCCCC3)c2oc2c(CN3CCCCC3)c(O)ccc12. The van der Waals surface area contributed by atoms with E-state index in [1.165, 1.54) is 12.8 Å². The minimum atomic E-state index is -0.115. The monoisotopic (exact) mass is 458 g/mol. The highest BCUT2D eigenvalue weighted by Crippen LogP contribution is 2.34. The van der Waals surface area contributed by atoms with E-state index in [2.05, 4.69) is 9.80 Å². The molecule has 32 heavy (non-hydrogen) atoms. The molecule has 0 unspecified atom stereocenters. The van der Waals surface area contributed by atoms with E-state index in [1.807, 2.05) is 0 Å². The highest BCUT2D eigenvalue weighted by atomic mass is 35.5. The van der Waals surface area contributed by atoms with Crippen LogP contribution in [0.15, 0.2) is 33.5 Å². The minimum Gasteiger partial charge on any atom is -0.507 e. The zero-order valence-electron chi connectivity index (χ0n) is 18.3. The molecule has 0 atom stereocenters. The smallest absolute Gasteiger partial charge is 0.200 e. The van der Waals surface area contributed by atoms with Gasteiger partial charge in [0.2, 0.25) is 5.43 Å². The van der Waals surface area contributed by atoms with Gasteiger partial charge in [-0.25, -0.2) is 0 Å². The quantitative estimate of drug-likeness (QED) is 0.549. The second-order valence-corrected chi connectivity index (χ2v) is 8.98. The van der Waals surface area contributed by atoms with Crippen molar-refractivity contribution in [2.75, 3.05) is 26.2 Å². The zero-order valence-corrected chi connectivity index (χ0v) is 19.1. The molecule has 6 nitrogen and oxygen atoms in total. The van der Waals surface area contributed by atoms with Crippen molar-refractivity contribution in [2.24, 2.45) is 0 Å². The number of piperidine rings is 2. The molecule has 2 aliphatic heterocycles. The molecular weight excluding hydrogens is 428 g/mol. The molecule has 2 saturated heterocycles. The van der Waals surface area contributed by atoms with Gasteiger partial charge in [-0.3, -0.25) is 14.6 Å². The van der Waals surface area contributed by atoms with Gasteiger partial charge in [0.15, 0.2) is 0 Å². The van der Waals surface area contributed by atoms with Gasteiger partial charge < -0.3 is 14.6 Å². The molecule has 2 aliphatic rings. The molecule has 2 N–H and O–H groups in total. The van der Waals surface area contributed by atoms with Gasteiger partial charge in [0, 0.05) is 13.1 Å². The van der Waals surface area contributed by atoms with Crippen molar-refractivity contribution in [3.05, 3.63) is 45.6 Å². The fraction of sp³-hybridized carbons (Fsp3) is 0.480. The molecule has 2 aromatic carbocycles. The highest BCUT2D eigenvalue weighted by molar-refractivity contribution is 5.94. The number of phenols is 2. The Hall–Kier alpha value is -2.28. The Bertz CT molecular complexity index is 1080. The van der Waals surface area contributed by atoms with E-state index in [0.29, 0.717) is 46.2 Å².